The van der Waals surface area contributed by atoms with E-state index >= 15 is 0 Å². The fourth-order valence-electron chi connectivity index (χ4n) is 2.85. The van der Waals surface area contributed by atoms with E-state index in [0.717, 1.165) is 19.3 Å². The molecule has 158 valence electrons. The van der Waals surface area contributed by atoms with Crippen molar-refractivity contribution in [2.75, 3.05) is 26.2 Å². The summed E-state index contributed by atoms with van der Waals surface area (Å²) in [6, 6.07) is -1.70. The van der Waals surface area contributed by atoms with Crippen LogP contribution in [-0.2, 0) is 14.4 Å². The summed E-state index contributed by atoms with van der Waals surface area (Å²) in [7, 11) is 0. The van der Waals surface area contributed by atoms with Crippen LogP contribution in [0.4, 0.5) is 0 Å². The number of aliphatic hydroxyl groups excluding tert-OH is 1. The molecule has 0 heterocycles. The van der Waals surface area contributed by atoms with Crippen LogP contribution in [0.1, 0.15) is 71.1 Å². The first kappa shape index (κ1) is 25.3. The molecule has 0 atom stereocenters. The van der Waals surface area contributed by atoms with Crippen molar-refractivity contribution in [3.63, 3.8) is 0 Å². The predicted octanol–water partition coefficient (Wildman–Crippen LogP) is 1.86. The van der Waals surface area contributed by atoms with Gasteiger partial charge in [0.05, 0.1) is 6.61 Å². The molecule has 0 radical (unpaired) electrons. The molecule has 0 bridgehead atoms. The quantitative estimate of drug-likeness (QED) is 0.208. The van der Waals surface area contributed by atoms with Crippen molar-refractivity contribution in [2.45, 2.75) is 77.2 Å². The number of carbonyl (C=O) groups is 3. The van der Waals surface area contributed by atoms with Crippen LogP contribution >= 0.6 is 0 Å². The highest BCUT2D eigenvalue weighted by Crippen LogP contribution is 2.11. The van der Waals surface area contributed by atoms with Crippen LogP contribution in [-0.4, -0.2) is 70.3 Å². The molecule has 0 saturated heterocycles. The van der Waals surface area contributed by atoms with E-state index in [2.05, 4.69) is 12.2 Å². The molecule has 0 aliphatic carbocycles. The lowest BCUT2D eigenvalue weighted by Gasteiger charge is -2.22. The van der Waals surface area contributed by atoms with Gasteiger partial charge in [0.25, 0.3) is 0 Å². The summed E-state index contributed by atoms with van der Waals surface area (Å²) < 4.78 is 0. The Balaban J connectivity index is 4.00. The van der Waals surface area contributed by atoms with E-state index in [1.54, 1.807) is 0 Å². The summed E-state index contributed by atoms with van der Waals surface area (Å²) in [5.74, 6) is -3.05. The standard InChI is InChI=1S/C19H36N2O6/c1-2-3-4-5-6-7-8-9-10-11-16(23)21(14-15-22)13-12-20-17(18(24)25)19(26)27/h17,20,22H,2-15H2,1H3,(H,24,25)(H,26,27). The average Bonchev–Trinajstić information content (AvgIpc) is 2.62. The lowest BCUT2D eigenvalue weighted by atomic mass is 10.1. The smallest absolute Gasteiger partial charge is 0.332 e. The zero-order valence-electron chi connectivity index (χ0n) is 16.5. The van der Waals surface area contributed by atoms with Gasteiger partial charge in [0.15, 0.2) is 0 Å². The summed E-state index contributed by atoms with van der Waals surface area (Å²) in [4.78, 5) is 35.3. The van der Waals surface area contributed by atoms with Gasteiger partial charge in [-0.05, 0) is 6.42 Å². The summed E-state index contributed by atoms with van der Waals surface area (Å²) in [5, 5.41) is 29.1. The monoisotopic (exact) mass is 388 g/mol. The number of hydrogen-bond donors (Lipinski definition) is 4. The van der Waals surface area contributed by atoms with Gasteiger partial charge >= 0.3 is 11.9 Å². The molecule has 0 aliphatic rings. The van der Waals surface area contributed by atoms with E-state index < -0.39 is 18.0 Å². The normalized spacial score (nSPS) is 10.9. The summed E-state index contributed by atoms with van der Waals surface area (Å²) in [5.41, 5.74) is 0. The van der Waals surface area contributed by atoms with Gasteiger partial charge in [0.2, 0.25) is 11.9 Å². The van der Waals surface area contributed by atoms with E-state index in [-0.39, 0.29) is 32.1 Å². The number of unbranched alkanes of at least 4 members (excludes halogenated alkanes) is 8. The lowest BCUT2D eigenvalue weighted by Crippen LogP contribution is -2.47. The van der Waals surface area contributed by atoms with Gasteiger partial charge in [-0.15, -0.1) is 0 Å². The van der Waals surface area contributed by atoms with Crippen molar-refractivity contribution in [3.05, 3.63) is 0 Å². The number of nitrogens with one attached hydrogen (secondary N) is 1. The Hall–Kier alpha value is -1.67. The minimum absolute atomic E-state index is 0.0345. The third kappa shape index (κ3) is 13.2. The molecule has 0 saturated carbocycles. The Kier molecular flexibility index (Phi) is 15.5. The van der Waals surface area contributed by atoms with Crippen LogP contribution in [0, 0.1) is 0 Å². The zero-order chi connectivity index (χ0) is 20.5. The van der Waals surface area contributed by atoms with E-state index in [1.807, 2.05) is 0 Å². The highest BCUT2D eigenvalue weighted by molar-refractivity contribution is 5.97. The average molecular weight is 389 g/mol. The van der Waals surface area contributed by atoms with E-state index in [1.165, 1.54) is 43.4 Å². The second kappa shape index (κ2) is 16.5. The predicted molar refractivity (Wildman–Crippen MR) is 103 cm³/mol. The molecule has 0 rings (SSSR count). The van der Waals surface area contributed by atoms with Crippen LogP contribution in [0.15, 0.2) is 0 Å². The Bertz CT molecular complexity index is 416. The molecule has 8 nitrogen and oxygen atoms in total. The number of hydrogen-bond acceptors (Lipinski definition) is 5. The van der Waals surface area contributed by atoms with Crippen LogP contribution in [0.25, 0.3) is 0 Å². The molecule has 8 heteroatoms. The minimum Gasteiger partial charge on any atom is -0.480 e. The van der Waals surface area contributed by atoms with Crippen molar-refractivity contribution in [3.8, 4) is 0 Å². The third-order valence-corrected chi connectivity index (χ3v) is 4.44. The molecule has 0 aromatic carbocycles. The van der Waals surface area contributed by atoms with Gasteiger partial charge in [-0.1, -0.05) is 58.3 Å². The molecule has 27 heavy (non-hydrogen) atoms. The van der Waals surface area contributed by atoms with E-state index in [0.29, 0.717) is 6.42 Å². The zero-order valence-corrected chi connectivity index (χ0v) is 16.5. The van der Waals surface area contributed by atoms with E-state index in [4.69, 9.17) is 15.3 Å². The Labute approximate surface area is 161 Å². The Morgan fingerprint density at radius 2 is 1.37 bits per heavy atom. The van der Waals surface area contributed by atoms with Crippen LogP contribution in [0.5, 0.6) is 0 Å². The number of amides is 1. The number of nitrogens with zero attached hydrogens (tertiary/aromatic N) is 1. The molecule has 0 fully saturated rings. The number of rotatable bonds is 18. The van der Waals surface area contributed by atoms with Gasteiger partial charge < -0.3 is 20.2 Å². The highest BCUT2D eigenvalue weighted by atomic mass is 16.4. The van der Waals surface area contributed by atoms with Gasteiger partial charge in [-0.3, -0.25) is 10.1 Å². The van der Waals surface area contributed by atoms with Crippen molar-refractivity contribution in [2.24, 2.45) is 0 Å². The van der Waals surface area contributed by atoms with Crippen LogP contribution in [0.3, 0.4) is 0 Å². The van der Waals surface area contributed by atoms with Crippen molar-refractivity contribution < 1.29 is 29.7 Å². The second-order valence-corrected chi connectivity index (χ2v) is 6.75. The van der Waals surface area contributed by atoms with Gasteiger partial charge in [0, 0.05) is 26.1 Å². The van der Waals surface area contributed by atoms with Crippen molar-refractivity contribution in [1.29, 1.82) is 0 Å². The first-order valence-corrected chi connectivity index (χ1v) is 10.0. The largest absolute Gasteiger partial charge is 0.480 e. The highest BCUT2D eigenvalue weighted by Gasteiger charge is 2.25. The SMILES string of the molecule is CCCCCCCCCCCC(=O)N(CCO)CCNC(C(=O)O)C(=O)O. The second-order valence-electron chi connectivity index (χ2n) is 6.75. The summed E-state index contributed by atoms with van der Waals surface area (Å²) in [6.45, 7) is 2.36. The topological polar surface area (TPSA) is 127 Å². The number of carbonyl (C=O) groups excluding carboxylic acids is 1. The summed E-state index contributed by atoms with van der Waals surface area (Å²) >= 11 is 0. The molecule has 4 N–H and O–H groups in total. The molecular weight excluding hydrogens is 352 g/mol. The Morgan fingerprint density at radius 1 is 0.852 bits per heavy atom. The van der Waals surface area contributed by atoms with Gasteiger partial charge in [-0.2, -0.15) is 0 Å². The van der Waals surface area contributed by atoms with E-state index in [9.17, 15) is 14.4 Å². The maximum absolute atomic E-state index is 12.2. The van der Waals surface area contributed by atoms with Crippen LogP contribution < -0.4 is 5.32 Å². The first-order valence-electron chi connectivity index (χ1n) is 10.0. The lowest BCUT2D eigenvalue weighted by molar-refractivity contribution is -0.151. The number of carboxylic acid groups (broad SMARTS) is 2. The van der Waals surface area contributed by atoms with Gasteiger partial charge in [-0.25, -0.2) is 9.59 Å². The molecule has 0 spiro atoms. The fourth-order valence-corrected chi connectivity index (χ4v) is 2.85. The first-order chi connectivity index (χ1) is 12.9. The maximum atomic E-state index is 12.2. The van der Waals surface area contributed by atoms with Crippen molar-refractivity contribution in [1.82, 2.24) is 10.2 Å². The number of carboxylic acids is 2. The maximum Gasteiger partial charge on any atom is 0.332 e. The molecule has 0 aromatic heterocycles. The molecular formula is C19H36N2O6. The fraction of sp³-hybridized carbons (Fsp3) is 0.842. The summed E-state index contributed by atoms with van der Waals surface area (Å²) in [6.07, 6.45) is 10.8. The number of aliphatic hydroxyl groups is 1. The molecule has 0 unspecified atom stereocenters. The van der Waals surface area contributed by atoms with Gasteiger partial charge in [0.1, 0.15) is 0 Å². The molecule has 0 aromatic rings. The minimum atomic E-state index is -1.70. The third-order valence-electron chi connectivity index (χ3n) is 4.44. The Morgan fingerprint density at radius 3 is 1.85 bits per heavy atom. The number of aliphatic carboxylic acids is 2. The molecule has 1 amide bonds. The van der Waals surface area contributed by atoms with Crippen molar-refractivity contribution >= 4 is 17.8 Å². The van der Waals surface area contributed by atoms with Crippen LogP contribution in [0.2, 0.25) is 0 Å². The molecule has 0 aliphatic heterocycles.